The number of allylic oxidation sites excluding steroid dienone is 2. The molecule has 20 heavy (non-hydrogen) atoms. The lowest BCUT2D eigenvalue weighted by atomic mass is 9.85. The zero-order valence-corrected chi connectivity index (χ0v) is 10.2. The van der Waals surface area contributed by atoms with Crippen LogP contribution in [0.1, 0.15) is 15.9 Å². The molecule has 5 nitrogen and oxygen atoms in total. The van der Waals surface area contributed by atoms with Crippen LogP contribution >= 0.6 is 0 Å². The van der Waals surface area contributed by atoms with Gasteiger partial charge in [0.05, 0.1) is 16.8 Å². The molecule has 0 saturated carbocycles. The third-order valence-corrected chi connectivity index (χ3v) is 3.05. The minimum absolute atomic E-state index is 0.0959. The lowest BCUT2D eigenvalue weighted by Gasteiger charge is -2.18. The van der Waals surface area contributed by atoms with Crippen LogP contribution in [0.5, 0.6) is 0 Å². The van der Waals surface area contributed by atoms with Gasteiger partial charge >= 0.3 is 0 Å². The molecule has 1 aliphatic carbocycles. The van der Waals surface area contributed by atoms with Gasteiger partial charge in [0, 0.05) is 18.0 Å². The maximum Gasteiger partial charge on any atom is 0.198 e. The van der Waals surface area contributed by atoms with Gasteiger partial charge in [-0.25, -0.2) is 0 Å². The van der Waals surface area contributed by atoms with E-state index in [1.807, 2.05) is 0 Å². The number of carbonyl (C=O) groups is 1. The number of nitriles is 2. The first-order chi connectivity index (χ1) is 9.77. The Hall–Kier alpha value is -3.31. The van der Waals surface area contributed by atoms with E-state index in [9.17, 15) is 4.79 Å². The van der Waals surface area contributed by atoms with Crippen LogP contribution in [0.2, 0.25) is 0 Å². The molecule has 5 heteroatoms. The molecule has 2 aromatic heterocycles. The van der Waals surface area contributed by atoms with Gasteiger partial charge in [0.2, 0.25) is 0 Å². The lowest BCUT2D eigenvalue weighted by Crippen LogP contribution is -2.15. The number of ketones is 1. The zero-order chi connectivity index (χ0) is 14.1. The van der Waals surface area contributed by atoms with Crippen LogP contribution in [0.4, 0.5) is 0 Å². The second-order valence-electron chi connectivity index (χ2n) is 4.10. The predicted molar refractivity (Wildman–Crippen MR) is 69.9 cm³/mol. The maximum absolute atomic E-state index is 12.5. The largest absolute Gasteiger partial charge is 0.288 e. The first kappa shape index (κ1) is 11.8. The van der Waals surface area contributed by atoms with Crippen LogP contribution in [-0.4, -0.2) is 15.8 Å². The van der Waals surface area contributed by atoms with E-state index in [2.05, 4.69) is 9.97 Å². The van der Waals surface area contributed by atoms with Crippen molar-refractivity contribution in [1.29, 1.82) is 10.5 Å². The molecule has 0 spiro atoms. The zero-order valence-electron chi connectivity index (χ0n) is 10.2. The first-order valence-corrected chi connectivity index (χ1v) is 5.78. The topological polar surface area (TPSA) is 90.4 Å². The highest BCUT2D eigenvalue weighted by Gasteiger charge is 2.31. The van der Waals surface area contributed by atoms with Gasteiger partial charge in [-0.1, -0.05) is 6.07 Å². The average Bonchev–Trinajstić information content (AvgIpc) is 2.51. The summed E-state index contributed by atoms with van der Waals surface area (Å²) in [5.41, 5.74) is 1.71. The summed E-state index contributed by atoms with van der Waals surface area (Å²) in [7, 11) is 0. The van der Waals surface area contributed by atoms with Crippen LogP contribution < -0.4 is 0 Å². The Labute approximate surface area is 114 Å². The smallest absolute Gasteiger partial charge is 0.198 e. The Morgan fingerprint density at radius 1 is 0.950 bits per heavy atom. The van der Waals surface area contributed by atoms with Crippen molar-refractivity contribution in [2.45, 2.75) is 0 Å². The summed E-state index contributed by atoms with van der Waals surface area (Å²) in [4.78, 5) is 20.9. The number of nitrogens with zero attached hydrogens (tertiary/aromatic N) is 4. The Balaban J connectivity index is 2.46. The van der Waals surface area contributed by atoms with Crippen molar-refractivity contribution in [2.24, 2.45) is 0 Å². The molecule has 0 bridgehead atoms. The number of aromatic nitrogens is 2. The van der Waals surface area contributed by atoms with Gasteiger partial charge in [0.1, 0.15) is 23.4 Å². The number of hydrogen-bond donors (Lipinski definition) is 0. The number of carbonyl (C=O) groups excluding carboxylic acids is 1. The Kier molecular flexibility index (Phi) is 2.60. The molecule has 0 radical (unpaired) electrons. The fourth-order valence-electron chi connectivity index (χ4n) is 2.21. The highest BCUT2D eigenvalue weighted by Crippen LogP contribution is 2.37. The van der Waals surface area contributed by atoms with E-state index < -0.39 is 0 Å². The average molecular weight is 258 g/mol. The van der Waals surface area contributed by atoms with Crippen molar-refractivity contribution in [2.75, 3.05) is 0 Å². The van der Waals surface area contributed by atoms with E-state index in [0.29, 0.717) is 22.5 Å². The molecule has 0 aromatic carbocycles. The summed E-state index contributed by atoms with van der Waals surface area (Å²) in [6, 6.07) is 10.1. The van der Waals surface area contributed by atoms with E-state index >= 15 is 0 Å². The van der Waals surface area contributed by atoms with E-state index in [0.717, 1.165) is 0 Å². The molecular formula is C15H6N4O. The molecule has 0 N–H and O–H groups in total. The molecule has 0 amide bonds. The van der Waals surface area contributed by atoms with Gasteiger partial charge in [0.15, 0.2) is 5.78 Å². The molecular weight excluding hydrogens is 252 g/mol. The summed E-state index contributed by atoms with van der Waals surface area (Å²) >= 11 is 0. The normalized spacial score (nSPS) is 11.9. The van der Waals surface area contributed by atoms with Crippen LogP contribution in [0.3, 0.4) is 0 Å². The van der Waals surface area contributed by atoms with Gasteiger partial charge in [-0.2, -0.15) is 10.5 Å². The van der Waals surface area contributed by atoms with E-state index in [4.69, 9.17) is 10.5 Å². The highest BCUT2D eigenvalue weighted by atomic mass is 16.1. The van der Waals surface area contributed by atoms with E-state index in [1.54, 1.807) is 48.8 Å². The fourth-order valence-corrected chi connectivity index (χ4v) is 2.21. The first-order valence-electron chi connectivity index (χ1n) is 5.78. The standard InChI is InChI=1S/C15H6N4O/c16-7-9(8-17)12-10-3-1-5-18-13(10)14-11(15(12)20)4-2-6-19-14/h1-6H. The molecule has 0 unspecified atom stereocenters. The molecule has 1 aliphatic rings. The van der Waals surface area contributed by atoms with Crippen LogP contribution in [0, 0.1) is 22.7 Å². The summed E-state index contributed by atoms with van der Waals surface area (Å²) in [5.74, 6) is -0.369. The van der Waals surface area contributed by atoms with Gasteiger partial charge in [-0.3, -0.25) is 14.8 Å². The van der Waals surface area contributed by atoms with Crippen molar-refractivity contribution >= 4 is 11.4 Å². The van der Waals surface area contributed by atoms with Crippen molar-refractivity contribution in [3.8, 4) is 23.5 Å². The fraction of sp³-hybridized carbons (Fsp3) is 0. The van der Waals surface area contributed by atoms with Gasteiger partial charge in [-0.05, 0) is 18.2 Å². The summed E-state index contributed by atoms with van der Waals surface area (Å²) in [6.45, 7) is 0. The predicted octanol–water partition coefficient (Wildman–Crippen LogP) is 2.14. The van der Waals surface area contributed by atoms with Crippen molar-refractivity contribution in [1.82, 2.24) is 9.97 Å². The molecule has 0 fully saturated rings. The molecule has 2 heterocycles. The van der Waals surface area contributed by atoms with Crippen molar-refractivity contribution < 1.29 is 4.79 Å². The van der Waals surface area contributed by atoms with Crippen LogP contribution in [-0.2, 0) is 0 Å². The summed E-state index contributed by atoms with van der Waals surface area (Å²) in [6.07, 6.45) is 3.16. The Morgan fingerprint density at radius 3 is 2.10 bits per heavy atom. The quantitative estimate of drug-likeness (QED) is 0.533. The van der Waals surface area contributed by atoms with Crippen molar-refractivity contribution in [3.05, 3.63) is 53.4 Å². The van der Waals surface area contributed by atoms with Gasteiger partial charge in [0.25, 0.3) is 0 Å². The number of fused-ring (bicyclic) bond motifs is 3. The number of rotatable bonds is 0. The third-order valence-electron chi connectivity index (χ3n) is 3.05. The minimum Gasteiger partial charge on any atom is -0.288 e. The second kappa shape index (κ2) is 4.42. The third kappa shape index (κ3) is 1.51. The van der Waals surface area contributed by atoms with E-state index in [1.165, 1.54) is 0 Å². The molecule has 2 aromatic rings. The molecule has 0 saturated heterocycles. The highest BCUT2D eigenvalue weighted by molar-refractivity contribution is 6.35. The SMILES string of the molecule is N#CC(C#N)=C1C(=O)c2cccnc2-c2ncccc21. The van der Waals surface area contributed by atoms with Crippen molar-refractivity contribution in [3.63, 3.8) is 0 Å². The Bertz CT molecular complexity index is 837. The summed E-state index contributed by atoms with van der Waals surface area (Å²) < 4.78 is 0. The summed E-state index contributed by atoms with van der Waals surface area (Å²) in [5, 5.41) is 18.1. The lowest BCUT2D eigenvalue weighted by molar-refractivity contribution is 0.105. The van der Waals surface area contributed by atoms with Crippen LogP contribution in [0.25, 0.3) is 17.0 Å². The molecule has 3 rings (SSSR count). The molecule has 0 atom stereocenters. The Morgan fingerprint density at radius 2 is 1.50 bits per heavy atom. The monoisotopic (exact) mass is 258 g/mol. The second-order valence-corrected chi connectivity index (χ2v) is 4.10. The van der Waals surface area contributed by atoms with E-state index in [-0.39, 0.29) is 16.9 Å². The number of hydrogen-bond acceptors (Lipinski definition) is 5. The molecule has 0 aliphatic heterocycles. The van der Waals surface area contributed by atoms with Gasteiger partial charge in [-0.15, -0.1) is 0 Å². The maximum atomic E-state index is 12.5. The van der Waals surface area contributed by atoms with Gasteiger partial charge < -0.3 is 0 Å². The number of Topliss-reactive ketones (excluding diaryl/α,β-unsaturated/α-hetero) is 1. The minimum atomic E-state index is -0.369. The van der Waals surface area contributed by atoms with Crippen LogP contribution in [0.15, 0.2) is 42.2 Å². The number of pyridine rings is 2. The molecule has 92 valence electrons.